The maximum atomic E-state index is 12.4. The van der Waals surface area contributed by atoms with E-state index in [0.29, 0.717) is 36.1 Å². The van der Waals surface area contributed by atoms with Crippen molar-refractivity contribution in [3.63, 3.8) is 0 Å². The maximum absolute atomic E-state index is 12.4. The van der Waals surface area contributed by atoms with Gasteiger partial charge in [-0.15, -0.1) is 0 Å². The van der Waals surface area contributed by atoms with Crippen LogP contribution in [0.5, 0.6) is 0 Å². The minimum Gasteiger partial charge on any atom is -0.470 e. The molecule has 0 radical (unpaired) electrons. The maximum Gasteiger partial charge on any atom is 0.291 e. The summed E-state index contributed by atoms with van der Waals surface area (Å²) in [6.45, 7) is 11.0. The predicted octanol–water partition coefficient (Wildman–Crippen LogP) is 14.0. The molecule has 25 nitrogen and oxygen atoms in total. The molecule has 582 valence electrons. The quantitative estimate of drug-likeness (QED) is 0.151. The number of carbonyl (C=O) groups is 3. The lowest BCUT2D eigenvalue weighted by Crippen LogP contribution is -2.41. The molecule has 3 amide bonds. The second-order valence-corrected chi connectivity index (χ2v) is 35.4. The molecule has 6 atom stereocenters. The largest absolute Gasteiger partial charge is 0.470 e. The Morgan fingerprint density at radius 2 is 0.821 bits per heavy atom. The van der Waals surface area contributed by atoms with Crippen molar-refractivity contribution in [2.75, 3.05) is 89.9 Å². The van der Waals surface area contributed by atoms with E-state index in [1.807, 2.05) is 107 Å². The number of aromatic nitrogens is 13. The third kappa shape index (κ3) is 13.4. The summed E-state index contributed by atoms with van der Waals surface area (Å²) in [5.74, 6) is 0.665. The van der Waals surface area contributed by atoms with Crippen LogP contribution >= 0.6 is 34.0 Å². The number of imidazole rings is 6. The molecule has 6 spiro atoms. The van der Waals surface area contributed by atoms with Crippen molar-refractivity contribution in [1.29, 1.82) is 0 Å². The fourth-order valence-corrected chi connectivity index (χ4v) is 23.2. The van der Waals surface area contributed by atoms with Crippen LogP contribution in [-0.4, -0.2) is 150 Å². The van der Waals surface area contributed by atoms with Gasteiger partial charge in [0.05, 0.1) is 127 Å². The summed E-state index contributed by atoms with van der Waals surface area (Å²) in [4.78, 5) is 79.9. The number of oxazole rings is 1. The molecule has 12 aliphatic rings. The molecule has 6 unspecified atom stereocenters. The van der Waals surface area contributed by atoms with Gasteiger partial charge in [0, 0.05) is 169 Å². The number of furan rings is 2. The molecule has 12 aromatic rings. The fraction of sp³-hybridized carbons (Fsp3) is 0.476. The Morgan fingerprint density at radius 3 is 1.30 bits per heavy atom. The van der Waals surface area contributed by atoms with Gasteiger partial charge in [-0.1, -0.05) is 0 Å². The van der Waals surface area contributed by atoms with Crippen LogP contribution in [0.25, 0.3) is 0 Å². The second-order valence-electron chi connectivity index (χ2n) is 33.1. The zero-order valence-corrected chi connectivity index (χ0v) is 65.9. The Balaban J connectivity index is 0.0000000906. The van der Waals surface area contributed by atoms with E-state index >= 15 is 0 Å². The molecule has 24 heterocycles. The first-order valence-electron chi connectivity index (χ1n) is 40.2. The molecule has 28 heteroatoms. The van der Waals surface area contributed by atoms with Crippen molar-refractivity contribution in [3.05, 3.63) is 215 Å². The molecule has 12 aliphatic heterocycles. The number of nitrogens with zero attached hydrogens (tertiary/aromatic N) is 19. The van der Waals surface area contributed by atoms with Crippen molar-refractivity contribution in [2.45, 2.75) is 187 Å². The fourth-order valence-electron chi connectivity index (χ4n) is 21.2. The molecule has 12 aromatic heterocycles. The Labute approximate surface area is 663 Å². The molecule has 6 saturated heterocycles. The van der Waals surface area contributed by atoms with Crippen LogP contribution < -0.4 is 24.5 Å². The summed E-state index contributed by atoms with van der Waals surface area (Å²) in [6, 6.07) is 10.4. The Kier molecular flexibility index (Phi) is 19.4. The zero-order valence-electron chi connectivity index (χ0n) is 63.5. The van der Waals surface area contributed by atoms with E-state index in [0.717, 1.165) is 128 Å². The van der Waals surface area contributed by atoms with E-state index in [9.17, 15) is 14.4 Å². The molecule has 112 heavy (non-hydrogen) atoms. The highest BCUT2D eigenvalue weighted by Gasteiger charge is 2.51. The molecule has 0 bridgehead atoms. The summed E-state index contributed by atoms with van der Waals surface area (Å²) < 4.78 is 29.4. The van der Waals surface area contributed by atoms with Crippen molar-refractivity contribution in [2.24, 2.45) is 0 Å². The van der Waals surface area contributed by atoms with Crippen LogP contribution in [0.1, 0.15) is 160 Å². The smallest absolute Gasteiger partial charge is 0.291 e. The number of hydrogen-bond acceptors (Lipinski definition) is 19. The van der Waals surface area contributed by atoms with E-state index in [2.05, 4.69) is 128 Å². The lowest BCUT2D eigenvalue weighted by molar-refractivity contribution is -0.118. The number of hydrogen-bond donors (Lipinski definition) is 0. The Morgan fingerprint density at radius 1 is 0.384 bits per heavy atom. The number of amides is 3. The minimum atomic E-state index is -0.113. The first kappa shape index (κ1) is 72.2. The topological polar surface area (TPSA) is 230 Å². The normalized spacial score (nSPS) is 26.2. The van der Waals surface area contributed by atoms with Crippen LogP contribution in [0.2, 0.25) is 0 Å². The van der Waals surface area contributed by atoms with E-state index in [1.54, 1.807) is 52.8 Å². The highest BCUT2D eigenvalue weighted by molar-refractivity contribution is 7.08. The summed E-state index contributed by atoms with van der Waals surface area (Å²) in [7, 11) is 0. The van der Waals surface area contributed by atoms with Gasteiger partial charge in [0.15, 0.2) is 6.39 Å². The minimum absolute atomic E-state index is 0.0275. The number of anilines is 5. The van der Waals surface area contributed by atoms with Gasteiger partial charge in [-0.3, -0.25) is 14.4 Å². The molecule has 24 rings (SSSR count). The molecule has 0 N–H and O–H groups in total. The third-order valence-corrected chi connectivity index (χ3v) is 28.8. The standard InChI is InChI=1S/C14H16N4O2.C14H15N3O2.C14H15N3OS.C14H17N3O.2C14H17N3S/c19-13(12-7-16-10-20-12)17-5-4-14(8-17)3-1-2-11-6-15-9-18(11)14;2*18-13-6-14(9-16(13)12-3-5-19-8-12)4-1-2-11-7-15-10-17(11)14;1-2-12-8-15-11-17(12)14(4-1)5-6-16(10-14)13-3-7-18-9-13;1-3-14(13-8-15-11-17(13)5-1)4-6-16(10-14)12-2-7-18-9-12;1-2-12-8-15-11-17(12)14(4-1)5-6-16(10-14)13-3-7-18-9-13/h6-7,9-10H,1-5,8H2;2*3,5,7-8,10H,1-2,4,6,9H2;3,7-9,11H,1-2,4-6,10H2;2,7-9,11H,1,3-6,10H2;3,7-9,11H,1-2,4-6,10H2. The number of rotatable bonds is 6. The lowest BCUT2D eigenvalue weighted by Gasteiger charge is -2.36. The molecule has 6 fully saturated rings. The molecule has 0 aliphatic carbocycles. The number of aryl methyl sites for hydroxylation is 6. The van der Waals surface area contributed by atoms with Gasteiger partial charge in [-0.2, -0.15) is 34.0 Å². The Bertz CT molecular complexity index is 4800. The highest BCUT2D eigenvalue weighted by atomic mass is 32.1. The first-order chi connectivity index (χ1) is 55.0. The van der Waals surface area contributed by atoms with Crippen LogP contribution in [0.15, 0.2) is 189 Å². The monoisotopic (exact) mass is 1560 g/mol. The summed E-state index contributed by atoms with van der Waals surface area (Å²) >= 11 is 5.22. The van der Waals surface area contributed by atoms with Gasteiger partial charge in [-0.25, -0.2) is 34.9 Å². The van der Waals surface area contributed by atoms with E-state index in [1.165, 1.54) is 148 Å². The molecule has 0 aromatic carbocycles. The van der Waals surface area contributed by atoms with Crippen molar-refractivity contribution < 1.29 is 27.6 Å². The summed E-state index contributed by atoms with van der Waals surface area (Å²) in [5.41, 5.74) is 14.8. The van der Waals surface area contributed by atoms with Crippen LogP contribution in [0.4, 0.5) is 28.4 Å². The zero-order chi connectivity index (χ0) is 75.3. The van der Waals surface area contributed by atoms with Gasteiger partial charge in [0.25, 0.3) is 5.91 Å². The number of fused-ring (bicyclic) bond motifs is 12. The van der Waals surface area contributed by atoms with Crippen molar-refractivity contribution >= 4 is 80.2 Å². The predicted molar refractivity (Wildman–Crippen MR) is 431 cm³/mol. The van der Waals surface area contributed by atoms with Crippen LogP contribution in [0.3, 0.4) is 0 Å². The number of likely N-dealkylation sites (tertiary alicyclic amines) is 1. The molecular formula is C84H97N19O6S3. The third-order valence-electron chi connectivity index (χ3n) is 26.8. The van der Waals surface area contributed by atoms with Crippen LogP contribution in [0, 0.1) is 0 Å². The highest BCUT2D eigenvalue weighted by Crippen LogP contribution is 2.48. The second kappa shape index (κ2) is 30.1. The van der Waals surface area contributed by atoms with Gasteiger partial charge >= 0.3 is 0 Å². The first-order valence-corrected chi connectivity index (χ1v) is 43.0. The average Bonchev–Trinajstić information content (AvgIpc) is 1.59. The average molecular weight is 1570 g/mol. The van der Waals surface area contributed by atoms with Gasteiger partial charge in [0.2, 0.25) is 17.6 Å². The van der Waals surface area contributed by atoms with Crippen molar-refractivity contribution in [3.8, 4) is 0 Å². The lowest BCUT2D eigenvalue weighted by atomic mass is 9.77. The van der Waals surface area contributed by atoms with E-state index < -0.39 is 0 Å². The number of thiophene rings is 3. The number of carbonyl (C=O) groups excluding carboxylic acids is 3. The summed E-state index contributed by atoms with van der Waals surface area (Å²) in [6.07, 6.45) is 59.3. The Hall–Kier alpha value is -10.1. The molecular weight excluding hydrogens is 1470 g/mol. The van der Waals surface area contributed by atoms with Gasteiger partial charge < -0.3 is 70.1 Å². The summed E-state index contributed by atoms with van der Waals surface area (Å²) in [5, 5.41) is 12.9. The van der Waals surface area contributed by atoms with Crippen molar-refractivity contribution in [1.82, 2.24) is 67.2 Å². The SMILES string of the molecule is O=C(c1cnco1)N1CCC2(CCCc3cncn32)C1.O=C1CC2(CCCc3cncn32)CN1c1ccoc1.O=C1CC2(CCCc3cncn32)CN1c1ccsc1.c1cc(N2CCC3(CCCc4cncn43)C2)co1.c1cc(N2CCC3(CCCc4cncn43)C2)cs1.c1cc(N2CCC3(CCCn4cncc43)C2)cs1. The van der Waals surface area contributed by atoms with Gasteiger partial charge in [-0.05, 0) is 175 Å². The van der Waals surface area contributed by atoms with Crippen LogP contribution in [-0.2, 0) is 81.3 Å². The van der Waals surface area contributed by atoms with E-state index in [4.69, 9.17) is 13.3 Å². The molecule has 0 saturated carbocycles. The van der Waals surface area contributed by atoms with E-state index in [-0.39, 0.29) is 39.9 Å². The van der Waals surface area contributed by atoms with Gasteiger partial charge in [0.1, 0.15) is 12.5 Å².